The van der Waals surface area contributed by atoms with Gasteiger partial charge in [-0.1, -0.05) is 0 Å². The van der Waals surface area contributed by atoms with Gasteiger partial charge in [-0.15, -0.1) is 0 Å². The summed E-state index contributed by atoms with van der Waals surface area (Å²) in [6, 6.07) is -0.336. The van der Waals surface area contributed by atoms with Crippen molar-refractivity contribution in [1.82, 2.24) is 10.2 Å². The minimum Gasteiger partial charge on any atom is -0.365 e. The van der Waals surface area contributed by atoms with E-state index >= 15 is 0 Å². The van der Waals surface area contributed by atoms with E-state index in [2.05, 4.69) is 5.32 Å². The predicted molar refractivity (Wildman–Crippen MR) is 58.3 cm³/mol. The average Bonchev–Trinajstić information content (AvgIpc) is 2.29. The van der Waals surface area contributed by atoms with Crippen LogP contribution in [0.1, 0.15) is 13.8 Å². The van der Waals surface area contributed by atoms with Crippen molar-refractivity contribution in [3.63, 3.8) is 0 Å². The lowest BCUT2D eigenvalue weighted by Gasteiger charge is -2.43. The number of nitrogens with zero attached hydrogens (tertiary/aromatic N) is 1. The van der Waals surface area contributed by atoms with Crippen LogP contribution < -0.4 is 5.32 Å². The number of ether oxygens (including phenoxy) is 1. The average molecular weight is 226 g/mol. The Kier molecular flexibility index (Phi) is 3.37. The molecule has 1 aliphatic carbocycles. The minimum absolute atomic E-state index is 0.0209. The van der Waals surface area contributed by atoms with Crippen molar-refractivity contribution in [3.05, 3.63) is 0 Å². The van der Waals surface area contributed by atoms with Crippen LogP contribution in [-0.2, 0) is 14.3 Å². The number of rotatable bonds is 3. The van der Waals surface area contributed by atoms with Gasteiger partial charge in [-0.3, -0.25) is 14.5 Å². The molecular weight excluding hydrogens is 208 g/mol. The van der Waals surface area contributed by atoms with Gasteiger partial charge in [-0.25, -0.2) is 0 Å². The van der Waals surface area contributed by atoms with E-state index in [-0.39, 0.29) is 23.7 Å². The molecule has 5 heteroatoms. The molecule has 0 radical (unpaired) electrons. The first-order valence-electron chi connectivity index (χ1n) is 5.79. The lowest BCUT2D eigenvalue weighted by atomic mass is 9.83. The molecule has 0 bridgehead atoms. The highest BCUT2D eigenvalue weighted by Crippen LogP contribution is 2.23. The summed E-state index contributed by atoms with van der Waals surface area (Å²) < 4.78 is 5.50. The molecule has 1 heterocycles. The van der Waals surface area contributed by atoms with Crippen LogP contribution in [-0.4, -0.2) is 60.9 Å². The summed E-state index contributed by atoms with van der Waals surface area (Å²) in [5.74, 6) is -0.648. The Morgan fingerprint density at radius 1 is 1.25 bits per heavy atom. The molecule has 0 aromatic heterocycles. The number of hydrogen-bond acceptors (Lipinski definition) is 5. The zero-order chi connectivity index (χ0) is 11.7. The van der Waals surface area contributed by atoms with Crippen molar-refractivity contribution in [3.8, 4) is 0 Å². The van der Waals surface area contributed by atoms with E-state index < -0.39 is 6.10 Å². The number of ketones is 2. The molecule has 2 aliphatic rings. The number of hydrogen-bond donors (Lipinski definition) is 1. The molecule has 1 saturated carbocycles. The summed E-state index contributed by atoms with van der Waals surface area (Å²) >= 11 is 0. The van der Waals surface area contributed by atoms with Gasteiger partial charge in [0.25, 0.3) is 0 Å². The van der Waals surface area contributed by atoms with E-state index in [0.717, 1.165) is 26.2 Å². The van der Waals surface area contributed by atoms with Gasteiger partial charge in [0, 0.05) is 26.2 Å². The van der Waals surface area contributed by atoms with Crippen LogP contribution in [0.15, 0.2) is 0 Å². The molecule has 2 atom stereocenters. The topological polar surface area (TPSA) is 58.6 Å². The molecule has 0 aromatic carbocycles. The number of carbonyl (C=O) groups excluding carboxylic acids is 2. The highest BCUT2D eigenvalue weighted by molar-refractivity contribution is 6.48. The van der Waals surface area contributed by atoms with Gasteiger partial charge < -0.3 is 10.1 Å². The van der Waals surface area contributed by atoms with Crippen LogP contribution in [0, 0.1) is 0 Å². The number of Topliss-reactive ketones (excluding diaryl/α,β-unsaturated/α-hetero) is 2. The Morgan fingerprint density at radius 3 is 2.44 bits per heavy atom. The highest BCUT2D eigenvalue weighted by atomic mass is 16.5. The fourth-order valence-corrected chi connectivity index (χ4v) is 2.22. The monoisotopic (exact) mass is 226 g/mol. The fraction of sp³-hybridized carbons (Fsp3) is 0.818. The standard InChI is InChI=1S/C11H18N2O3/c1-7(2)16-11-8(9(14)10(11)15)13-5-3-12-4-6-13/h7-8,11-12H,3-6H2,1-2H3. The zero-order valence-corrected chi connectivity index (χ0v) is 9.73. The second-order valence-electron chi connectivity index (χ2n) is 4.56. The third kappa shape index (κ3) is 2.03. The van der Waals surface area contributed by atoms with Crippen LogP contribution in [0.2, 0.25) is 0 Å². The van der Waals surface area contributed by atoms with E-state index in [1.165, 1.54) is 0 Å². The molecule has 2 fully saturated rings. The van der Waals surface area contributed by atoms with Gasteiger partial charge in [0.2, 0.25) is 11.6 Å². The molecule has 90 valence electrons. The Balaban J connectivity index is 2.00. The Hall–Kier alpha value is -0.780. The van der Waals surface area contributed by atoms with Crippen LogP contribution in [0.5, 0.6) is 0 Å². The summed E-state index contributed by atoms with van der Waals surface area (Å²) in [5, 5.41) is 3.22. The van der Waals surface area contributed by atoms with Crippen LogP contribution in [0.4, 0.5) is 0 Å². The van der Waals surface area contributed by atoms with Crippen LogP contribution in [0.3, 0.4) is 0 Å². The molecule has 0 aromatic rings. The van der Waals surface area contributed by atoms with Crippen LogP contribution in [0.25, 0.3) is 0 Å². The maximum Gasteiger partial charge on any atom is 0.230 e. The van der Waals surface area contributed by atoms with Crippen molar-refractivity contribution < 1.29 is 14.3 Å². The Labute approximate surface area is 95.1 Å². The third-order valence-electron chi connectivity index (χ3n) is 3.02. The van der Waals surface area contributed by atoms with Gasteiger partial charge in [0.05, 0.1) is 6.10 Å². The maximum absolute atomic E-state index is 11.6. The molecule has 1 aliphatic heterocycles. The first kappa shape index (κ1) is 11.7. The van der Waals surface area contributed by atoms with E-state index in [1.807, 2.05) is 18.7 Å². The van der Waals surface area contributed by atoms with E-state index in [0.29, 0.717) is 0 Å². The van der Waals surface area contributed by atoms with Crippen molar-refractivity contribution in [1.29, 1.82) is 0 Å². The summed E-state index contributed by atoms with van der Waals surface area (Å²) in [4.78, 5) is 25.0. The van der Waals surface area contributed by atoms with E-state index in [4.69, 9.17) is 4.74 Å². The van der Waals surface area contributed by atoms with Gasteiger partial charge in [-0.05, 0) is 13.8 Å². The largest absolute Gasteiger partial charge is 0.365 e. The van der Waals surface area contributed by atoms with Gasteiger partial charge in [0.1, 0.15) is 12.1 Å². The van der Waals surface area contributed by atoms with Crippen molar-refractivity contribution in [2.45, 2.75) is 32.1 Å². The molecule has 16 heavy (non-hydrogen) atoms. The second kappa shape index (κ2) is 4.61. The normalized spacial score (nSPS) is 31.9. The Morgan fingerprint density at radius 2 is 1.88 bits per heavy atom. The SMILES string of the molecule is CC(C)OC1C(=O)C(=O)C1N1CCNCC1. The zero-order valence-electron chi connectivity index (χ0n) is 9.73. The predicted octanol–water partition coefficient (Wildman–Crippen LogP) is -0.794. The van der Waals surface area contributed by atoms with Crippen molar-refractivity contribution in [2.75, 3.05) is 26.2 Å². The lowest BCUT2D eigenvalue weighted by Crippen LogP contribution is -2.68. The molecule has 2 unspecified atom stereocenters. The van der Waals surface area contributed by atoms with Gasteiger partial charge in [0.15, 0.2) is 0 Å². The summed E-state index contributed by atoms with van der Waals surface area (Å²) in [6.07, 6.45) is -0.557. The summed E-state index contributed by atoms with van der Waals surface area (Å²) in [5.41, 5.74) is 0. The third-order valence-corrected chi connectivity index (χ3v) is 3.02. The summed E-state index contributed by atoms with van der Waals surface area (Å²) in [6.45, 7) is 7.11. The van der Waals surface area contributed by atoms with E-state index in [9.17, 15) is 9.59 Å². The molecule has 0 amide bonds. The first-order valence-corrected chi connectivity index (χ1v) is 5.79. The molecule has 1 N–H and O–H groups in total. The van der Waals surface area contributed by atoms with Crippen molar-refractivity contribution in [2.24, 2.45) is 0 Å². The second-order valence-corrected chi connectivity index (χ2v) is 4.56. The quantitative estimate of drug-likeness (QED) is 0.639. The summed E-state index contributed by atoms with van der Waals surface area (Å²) in [7, 11) is 0. The van der Waals surface area contributed by atoms with E-state index in [1.54, 1.807) is 0 Å². The number of nitrogens with one attached hydrogen (secondary N) is 1. The maximum atomic E-state index is 11.6. The molecule has 0 spiro atoms. The fourth-order valence-electron chi connectivity index (χ4n) is 2.22. The van der Waals surface area contributed by atoms with Gasteiger partial charge in [-0.2, -0.15) is 0 Å². The van der Waals surface area contributed by atoms with Gasteiger partial charge >= 0.3 is 0 Å². The number of piperazine rings is 1. The minimum atomic E-state index is -0.536. The number of carbonyl (C=O) groups is 2. The molecule has 5 nitrogen and oxygen atoms in total. The Bertz CT molecular complexity index is 298. The first-order chi connectivity index (χ1) is 7.61. The molecular formula is C11H18N2O3. The van der Waals surface area contributed by atoms with Crippen LogP contribution >= 0.6 is 0 Å². The van der Waals surface area contributed by atoms with Crippen molar-refractivity contribution >= 4 is 11.6 Å². The highest BCUT2D eigenvalue weighted by Gasteiger charge is 2.53. The molecule has 2 rings (SSSR count). The smallest absolute Gasteiger partial charge is 0.230 e. The molecule has 1 saturated heterocycles. The lowest BCUT2D eigenvalue weighted by molar-refractivity contribution is -0.169.